The monoisotopic (exact) mass is 345 g/mol. The molecule has 7 nitrogen and oxygen atoms in total. The number of piperazine rings is 1. The number of carbonyl (C=O) groups excluding carboxylic acids is 1. The molecule has 0 aliphatic carbocycles. The Kier molecular flexibility index (Phi) is 4.27. The zero-order valence-corrected chi connectivity index (χ0v) is 15.0. The highest BCUT2D eigenvalue weighted by Gasteiger charge is 2.46. The van der Waals surface area contributed by atoms with Gasteiger partial charge in [0.1, 0.15) is 0 Å². The summed E-state index contributed by atoms with van der Waals surface area (Å²) < 4.78 is 1.55. The van der Waals surface area contributed by atoms with Gasteiger partial charge in [-0.05, 0) is 38.8 Å². The third kappa shape index (κ3) is 2.94. The molecule has 0 saturated carbocycles. The van der Waals surface area contributed by atoms with Gasteiger partial charge in [-0.2, -0.15) is 0 Å². The molecular weight excluding hydrogens is 318 g/mol. The Morgan fingerprint density at radius 1 is 1.12 bits per heavy atom. The van der Waals surface area contributed by atoms with Crippen LogP contribution < -0.4 is 10.5 Å². The van der Waals surface area contributed by atoms with Crippen molar-refractivity contribution in [2.24, 2.45) is 7.05 Å². The van der Waals surface area contributed by atoms with E-state index >= 15 is 0 Å². The molecule has 0 N–H and O–H groups in total. The van der Waals surface area contributed by atoms with Crippen molar-refractivity contribution >= 4 is 11.7 Å². The number of carbonyl (C=O) groups is 1. The molecule has 3 aliphatic rings. The summed E-state index contributed by atoms with van der Waals surface area (Å²) >= 11 is 0. The maximum Gasteiger partial charge on any atom is 0.293 e. The lowest BCUT2D eigenvalue weighted by Crippen LogP contribution is -2.52. The molecule has 25 heavy (non-hydrogen) atoms. The third-order valence-corrected chi connectivity index (χ3v) is 6.22. The molecule has 0 unspecified atom stereocenters. The van der Waals surface area contributed by atoms with Crippen LogP contribution >= 0.6 is 0 Å². The van der Waals surface area contributed by atoms with Crippen molar-refractivity contribution in [1.29, 1.82) is 0 Å². The fourth-order valence-electron chi connectivity index (χ4n) is 4.78. The maximum absolute atomic E-state index is 12.9. The summed E-state index contributed by atoms with van der Waals surface area (Å²) in [6, 6.07) is 0. The highest BCUT2D eigenvalue weighted by molar-refractivity contribution is 5.78. The van der Waals surface area contributed by atoms with Crippen molar-refractivity contribution in [2.45, 2.75) is 37.6 Å². The second kappa shape index (κ2) is 6.44. The van der Waals surface area contributed by atoms with Gasteiger partial charge in [-0.1, -0.05) is 0 Å². The topological polar surface area (TPSA) is 61.7 Å². The second-order valence-corrected chi connectivity index (χ2v) is 7.63. The van der Waals surface area contributed by atoms with E-state index in [2.05, 4.69) is 9.88 Å². The first-order valence-electron chi connectivity index (χ1n) is 9.38. The van der Waals surface area contributed by atoms with Crippen LogP contribution in [0.3, 0.4) is 0 Å². The van der Waals surface area contributed by atoms with Crippen molar-refractivity contribution in [3.63, 3.8) is 0 Å². The van der Waals surface area contributed by atoms with Crippen LogP contribution in [-0.2, 0) is 11.8 Å². The van der Waals surface area contributed by atoms with Gasteiger partial charge in [0, 0.05) is 57.6 Å². The van der Waals surface area contributed by atoms with Gasteiger partial charge in [0.05, 0.1) is 0 Å². The van der Waals surface area contributed by atoms with Gasteiger partial charge in [0.2, 0.25) is 5.91 Å². The molecule has 0 bridgehead atoms. The van der Waals surface area contributed by atoms with Crippen molar-refractivity contribution in [3.8, 4) is 0 Å². The Hall–Kier alpha value is -1.89. The molecule has 1 amide bonds. The molecule has 0 radical (unpaired) electrons. The van der Waals surface area contributed by atoms with E-state index in [0.717, 1.165) is 13.1 Å². The van der Waals surface area contributed by atoms with Gasteiger partial charge in [-0.3, -0.25) is 14.5 Å². The number of rotatable bonds is 3. The summed E-state index contributed by atoms with van der Waals surface area (Å²) in [6.45, 7) is 5.01. The predicted molar refractivity (Wildman–Crippen MR) is 95.7 cm³/mol. The number of anilines is 1. The van der Waals surface area contributed by atoms with E-state index in [1.54, 1.807) is 24.0 Å². The lowest BCUT2D eigenvalue weighted by Gasteiger charge is -2.38. The van der Waals surface area contributed by atoms with E-state index in [9.17, 15) is 9.59 Å². The van der Waals surface area contributed by atoms with Crippen LogP contribution in [0.4, 0.5) is 5.82 Å². The highest BCUT2D eigenvalue weighted by Crippen LogP contribution is 2.41. The van der Waals surface area contributed by atoms with Crippen molar-refractivity contribution in [1.82, 2.24) is 19.4 Å². The SMILES string of the molecule is Cn1ccnc(N2CCN(C(=O)CC34CCCN3CCC4)CC2)c1=O. The third-order valence-electron chi connectivity index (χ3n) is 6.22. The molecular formula is C18H27N5O2. The number of hydrogen-bond donors (Lipinski definition) is 0. The number of amides is 1. The summed E-state index contributed by atoms with van der Waals surface area (Å²) in [6.07, 6.45) is 8.78. The Balaban J connectivity index is 1.38. The molecule has 3 aliphatic heterocycles. The number of fused-ring (bicyclic) bond motifs is 1. The van der Waals surface area contributed by atoms with Crippen molar-refractivity contribution in [2.75, 3.05) is 44.2 Å². The van der Waals surface area contributed by atoms with Gasteiger partial charge in [-0.15, -0.1) is 0 Å². The first-order valence-corrected chi connectivity index (χ1v) is 9.38. The Morgan fingerprint density at radius 3 is 2.48 bits per heavy atom. The number of aryl methyl sites for hydroxylation is 1. The van der Waals surface area contributed by atoms with Crippen LogP contribution in [-0.4, -0.2) is 70.1 Å². The van der Waals surface area contributed by atoms with Gasteiger partial charge in [0.25, 0.3) is 5.56 Å². The molecule has 1 aromatic rings. The molecule has 7 heteroatoms. The second-order valence-electron chi connectivity index (χ2n) is 7.63. The van der Waals surface area contributed by atoms with Crippen molar-refractivity contribution < 1.29 is 4.79 Å². The lowest BCUT2D eigenvalue weighted by atomic mass is 9.89. The van der Waals surface area contributed by atoms with E-state index in [0.29, 0.717) is 38.4 Å². The van der Waals surface area contributed by atoms with E-state index in [1.165, 1.54) is 25.7 Å². The summed E-state index contributed by atoms with van der Waals surface area (Å²) in [7, 11) is 1.74. The summed E-state index contributed by atoms with van der Waals surface area (Å²) in [4.78, 5) is 35.8. The van der Waals surface area contributed by atoms with E-state index in [4.69, 9.17) is 0 Å². The minimum absolute atomic E-state index is 0.0753. The van der Waals surface area contributed by atoms with Crippen LogP contribution in [0.1, 0.15) is 32.1 Å². The molecule has 0 aromatic carbocycles. The van der Waals surface area contributed by atoms with E-state index in [-0.39, 0.29) is 17.0 Å². The van der Waals surface area contributed by atoms with Crippen LogP contribution in [0, 0.1) is 0 Å². The zero-order valence-electron chi connectivity index (χ0n) is 15.0. The standard InChI is InChI=1S/C18H27N5O2/c1-20-9-6-19-16(17(20)25)22-12-10-21(11-13-22)15(24)14-18-4-2-7-23(18)8-3-5-18/h6,9H,2-5,7-8,10-14H2,1H3. The number of nitrogens with zero attached hydrogens (tertiary/aromatic N) is 5. The van der Waals surface area contributed by atoms with Crippen molar-refractivity contribution in [3.05, 3.63) is 22.7 Å². The first kappa shape index (κ1) is 16.6. The minimum atomic E-state index is -0.0753. The summed E-state index contributed by atoms with van der Waals surface area (Å²) in [5, 5.41) is 0. The average Bonchev–Trinajstić information content (AvgIpc) is 3.17. The first-order chi connectivity index (χ1) is 12.1. The van der Waals surface area contributed by atoms with Crippen LogP contribution in [0.25, 0.3) is 0 Å². The van der Waals surface area contributed by atoms with E-state index < -0.39 is 0 Å². The van der Waals surface area contributed by atoms with Gasteiger partial charge in [0.15, 0.2) is 5.82 Å². The van der Waals surface area contributed by atoms with Crippen LogP contribution in [0.5, 0.6) is 0 Å². The molecule has 1 aromatic heterocycles. The molecule has 0 atom stereocenters. The zero-order chi connectivity index (χ0) is 17.4. The molecule has 0 spiro atoms. The Labute approximate surface area is 148 Å². The fourth-order valence-corrected chi connectivity index (χ4v) is 4.78. The lowest BCUT2D eigenvalue weighted by molar-refractivity contribution is -0.133. The molecule has 4 heterocycles. The van der Waals surface area contributed by atoms with Gasteiger partial charge in [-0.25, -0.2) is 4.98 Å². The minimum Gasteiger partial charge on any atom is -0.348 e. The highest BCUT2D eigenvalue weighted by atomic mass is 16.2. The van der Waals surface area contributed by atoms with Crippen LogP contribution in [0.15, 0.2) is 17.2 Å². The quantitative estimate of drug-likeness (QED) is 0.796. The summed E-state index contributed by atoms with van der Waals surface area (Å²) in [5.74, 6) is 0.774. The molecule has 3 saturated heterocycles. The predicted octanol–water partition coefficient (Wildman–Crippen LogP) is 0.447. The van der Waals surface area contributed by atoms with Gasteiger partial charge >= 0.3 is 0 Å². The molecule has 4 rings (SSSR count). The Morgan fingerprint density at radius 2 is 1.80 bits per heavy atom. The normalized spacial score (nSPS) is 23.1. The maximum atomic E-state index is 12.9. The number of aromatic nitrogens is 2. The van der Waals surface area contributed by atoms with E-state index in [1.807, 2.05) is 9.80 Å². The molecule has 3 fully saturated rings. The fraction of sp³-hybridized carbons (Fsp3) is 0.722. The smallest absolute Gasteiger partial charge is 0.293 e. The largest absolute Gasteiger partial charge is 0.348 e. The molecule has 136 valence electrons. The van der Waals surface area contributed by atoms with Crippen LogP contribution in [0.2, 0.25) is 0 Å². The van der Waals surface area contributed by atoms with Gasteiger partial charge < -0.3 is 14.4 Å². The number of hydrogen-bond acceptors (Lipinski definition) is 5. The average molecular weight is 345 g/mol. The Bertz CT molecular complexity index is 698. The summed E-state index contributed by atoms with van der Waals surface area (Å²) in [5.41, 5.74) is 0.0687.